The van der Waals surface area contributed by atoms with Crippen LogP contribution in [0.5, 0.6) is 11.5 Å². The van der Waals surface area contributed by atoms with Crippen LogP contribution in [-0.2, 0) is 28.1 Å². The van der Waals surface area contributed by atoms with Crippen LogP contribution < -0.4 is 9.47 Å². The topological polar surface area (TPSA) is 104 Å². The Hall–Kier alpha value is -2.27. The van der Waals surface area contributed by atoms with Crippen LogP contribution in [0.25, 0.3) is 0 Å². The predicted molar refractivity (Wildman–Crippen MR) is 116 cm³/mol. The van der Waals surface area contributed by atoms with E-state index in [-0.39, 0.29) is 35.2 Å². The molecule has 9 nitrogen and oxygen atoms in total. The van der Waals surface area contributed by atoms with E-state index in [0.717, 1.165) is 11.6 Å². The minimum Gasteiger partial charge on any atom is -0.486 e. The molecule has 3 heterocycles. The fourth-order valence-electron chi connectivity index (χ4n) is 3.74. The van der Waals surface area contributed by atoms with Gasteiger partial charge in [-0.25, -0.2) is 8.42 Å². The maximum Gasteiger partial charge on any atom is 0.232 e. The number of amides is 1. The maximum atomic E-state index is 12.6. The Balaban J connectivity index is 1.26. The first-order valence-electron chi connectivity index (χ1n) is 10.1. The molecule has 1 fully saturated rings. The lowest BCUT2D eigenvalue weighted by atomic mass is 10.1. The molecule has 2 atom stereocenters. The number of carbonyl (C=O) groups is 1. The molecule has 1 amide bonds. The zero-order valence-electron chi connectivity index (χ0n) is 17.6. The smallest absolute Gasteiger partial charge is 0.232 e. The van der Waals surface area contributed by atoms with Crippen molar-refractivity contribution in [3.05, 3.63) is 30.1 Å². The van der Waals surface area contributed by atoms with Gasteiger partial charge in [-0.1, -0.05) is 23.9 Å². The summed E-state index contributed by atoms with van der Waals surface area (Å²) >= 11 is 1.32. The molecule has 0 aliphatic carbocycles. The van der Waals surface area contributed by atoms with E-state index in [1.807, 2.05) is 35.9 Å². The lowest BCUT2D eigenvalue weighted by Gasteiger charge is -2.29. The summed E-state index contributed by atoms with van der Waals surface area (Å²) in [5.41, 5.74) is 0. The number of carbonyl (C=O) groups excluding carboxylic acids is 1. The summed E-state index contributed by atoms with van der Waals surface area (Å²) in [5, 5.41) is 9.02. The van der Waals surface area contributed by atoms with Crippen LogP contribution in [0.1, 0.15) is 12.2 Å². The van der Waals surface area contributed by atoms with Crippen molar-refractivity contribution in [2.75, 3.05) is 37.5 Å². The zero-order valence-corrected chi connectivity index (χ0v) is 19.2. The third-order valence-electron chi connectivity index (χ3n) is 5.52. The van der Waals surface area contributed by atoms with Gasteiger partial charge >= 0.3 is 0 Å². The predicted octanol–water partition coefficient (Wildman–Crippen LogP) is 1.18. The average molecular weight is 467 g/mol. The average Bonchev–Trinajstić information content (AvgIpc) is 3.27. The van der Waals surface area contributed by atoms with E-state index in [1.54, 1.807) is 11.9 Å². The minimum absolute atomic E-state index is 0.0427. The molecule has 1 aromatic carbocycles. The number of benzene rings is 1. The molecule has 0 N–H and O–H groups in total. The lowest BCUT2D eigenvalue weighted by molar-refractivity contribution is -0.128. The second-order valence-corrected chi connectivity index (χ2v) is 11.2. The largest absolute Gasteiger partial charge is 0.486 e. The van der Waals surface area contributed by atoms with Gasteiger partial charge in [-0.15, -0.1) is 10.2 Å². The second-order valence-electron chi connectivity index (χ2n) is 7.99. The molecule has 2 aliphatic rings. The molecule has 1 saturated heterocycles. The van der Waals surface area contributed by atoms with Crippen molar-refractivity contribution in [3.8, 4) is 11.5 Å². The number of sulfone groups is 1. The van der Waals surface area contributed by atoms with Crippen molar-refractivity contribution >= 4 is 27.5 Å². The lowest BCUT2D eigenvalue weighted by Crippen LogP contribution is -2.42. The normalized spacial score (nSPS) is 21.7. The number of hydrogen-bond acceptors (Lipinski definition) is 8. The van der Waals surface area contributed by atoms with Crippen LogP contribution in [0.15, 0.2) is 29.4 Å². The highest BCUT2D eigenvalue weighted by Crippen LogP contribution is 2.31. The highest BCUT2D eigenvalue weighted by atomic mass is 32.2. The van der Waals surface area contributed by atoms with Crippen molar-refractivity contribution < 1.29 is 22.7 Å². The zero-order chi connectivity index (χ0) is 22.0. The number of ether oxygens (including phenoxy) is 2. The summed E-state index contributed by atoms with van der Waals surface area (Å²) in [4.78, 5) is 14.2. The Bertz CT molecular complexity index is 1060. The van der Waals surface area contributed by atoms with Crippen LogP contribution in [-0.4, -0.2) is 77.6 Å². The van der Waals surface area contributed by atoms with Crippen LogP contribution in [0.4, 0.5) is 0 Å². The van der Waals surface area contributed by atoms with E-state index in [2.05, 4.69) is 10.2 Å². The Kier molecular flexibility index (Phi) is 6.42. The molecular formula is C20H26N4O5S2. The van der Waals surface area contributed by atoms with Crippen LogP contribution in [0, 0.1) is 5.92 Å². The number of rotatable bonds is 7. The van der Waals surface area contributed by atoms with Crippen LogP contribution in [0.3, 0.4) is 0 Å². The van der Waals surface area contributed by atoms with E-state index in [9.17, 15) is 13.2 Å². The molecule has 168 valence electrons. The van der Waals surface area contributed by atoms with Crippen molar-refractivity contribution in [2.24, 2.45) is 13.0 Å². The molecule has 2 aromatic rings. The second kappa shape index (κ2) is 9.07. The molecule has 31 heavy (non-hydrogen) atoms. The minimum atomic E-state index is -2.91. The summed E-state index contributed by atoms with van der Waals surface area (Å²) in [7, 11) is 0.679. The SMILES string of the molecule is CN(C[C@H]1COc2ccccc2O1)C(=O)CSc1nnc(C[C@@H]2CCS(=O)(=O)C2)n1C. The van der Waals surface area contributed by atoms with Crippen LogP contribution in [0.2, 0.25) is 0 Å². The van der Waals surface area contributed by atoms with Crippen molar-refractivity contribution in [1.82, 2.24) is 19.7 Å². The fraction of sp³-hybridized carbons (Fsp3) is 0.550. The van der Waals surface area contributed by atoms with Gasteiger partial charge in [0.05, 0.1) is 23.8 Å². The summed E-state index contributed by atoms with van der Waals surface area (Å²) in [6.45, 7) is 0.819. The summed E-state index contributed by atoms with van der Waals surface area (Å²) in [6.07, 6.45) is 1.02. The van der Waals surface area contributed by atoms with Gasteiger partial charge < -0.3 is 18.9 Å². The molecule has 11 heteroatoms. The number of thioether (sulfide) groups is 1. The molecule has 0 radical (unpaired) electrons. The molecule has 0 unspecified atom stereocenters. The van der Waals surface area contributed by atoms with E-state index in [1.165, 1.54) is 11.8 Å². The van der Waals surface area contributed by atoms with Crippen LogP contribution >= 0.6 is 11.8 Å². The molecule has 2 aliphatic heterocycles. The highest BCUT2D eigenvalue weighted by molar-refractivity contribution is 7.99. The Morgan fingerprint density at radius 3 is 2.81 bits per heavy atom. The number of fused-ring (bicyclic) bond motifs is 1. The highest BCUT2D eigenvalue weighted by Gasteiger charge is 2.29. The van der Waals surface area contributed by atoms with Gasteiger partial charge in [0, 0.05) is 20.5 Å². The molecular weight excluding hydrogens is 440 g/mol. The number of nitrogens with zero attached hydrogens (tertiary/aromatic N) is 4. The summed E-state index contributed by atoms with van der Waals surface area (Å²) in [5.74, 6) is 2.89. The van der Waals surface area contributed by atoms with Gasteiger partial charge in [-0.3, -0.25) is 4.79 Å². The van der Waals surface area contributed by atoms with Gasteiger partial charge in [-0.05, 0) is 24.5 Å². The van der Waals surface area contributed by atoms with Gasteiger partial charge in [-0.2, -0.15) is 0 Å². The van der Waals surface area contributed by atoms with Gasteiger partial charge in [0.25, 0.3) is 0 Å². The Morgan fingerprint density at radius 1 is 1.29 bits per heavy atom. The monoisotopic (exact) mass is 466 g/mol. The molecule has 0 bridgehead atoms. The first-order valence-corrected chi connectivity index (χ1v) is 13.0. The number of para-hydroxylation sites is 2. The molecule has 4 rings (SSSR count). The number of likely N-dealkylation sites (N-methyl/N-ethyl adjacent to an activating group) is 1. The first-order chi connectivity index (χ1) is 14.8. The maximum absolute atomic E-state index is 12.6. The van der Waals surface area contributed by atoms with E-state index >= 15 is 0 Å². The standard InChI is InChI=1S/C20H26N4O5S2/c1-23(10-15-11-28-16-5-3-4-6-17(16)29-15)19(25)12-30-20-22-21-18(24(20)2)9-14-7-8-31(26,27)13-14/h3-6,14-15H,7-13H2,1-2H3/t14-,15-/m0/s1. The number of hydrogen-bond donors (Lipinski definition) is 0. The van der Waals surface area contributed by atoms with E-state index < -0.39 is 9.84 Å². The van der Waals surface area contributed by atoms with E-state index in [4.69, 9.17) is 9.47 Å². The Labute approximate surface area is 186 Å². The summed E-state index contributed by atoms with van der Waals surface area (Å²) in [6, 6.07) is 7.49. The van der Waals surface area contributed by atoms with Crippen molar-refractivity contribution in [1.29, 1.82) is 0 Å². The summed E-state index contributed by atoms with van der Waals surface area (Å²) < 4.78 is 36.8. The fourth-order valence-corrected chi connectivity index (χ4v) is 6.47. The van der Waals surface area contributed by atoms with Gasteiger partial charge in [0.1, 0.15) is 12.4 Å². The number of aromatic nitrogens is 3. The van der Waals surface area contributed by atoms with E-state index in [0.29, 0.717) is 36.9 Å². The molecule has 0 saturated carbocycles. The van der Waals surface area contributed by atoms with Gasteiger partial charge in [0.15, 0.2) is 32.6 Å². The molecule has 0 spiro atoms. The van der Waals surface area contributed by atoms with Crippen molar-refractivity contribution in [3.63, 3.8) is 0 Å². The van der Waals surface area contributed by atoms with Crippen molar-refractivity contribution in [2.45, 2.75) is 24.1 Å². The third kappa shape index (κ3) is 5.32. The van der Waals surface area contributed by atoms with Gasteiger partial charge in [0.2, 0.25) is 5.91 Å². The third-order valence-corrected chi connectivity index (χ3v) is 8.36. The quantitative estimate of drug-likeness (QED) is 0.561. The first kappa shape index (κ1) is 21.9. The molecule has 1 aromatic heterocycles. The Morgan fingerprint density at radius 2 is 2.06 bits per heavy atom.